The molecule has 0 bridgehead atoms. The van der Waals surface area contributed by atoms with Crippen molar-refractivity contribution >= 4 is 41.7 Å². The predicted molar refractivity (Wildman–Crippen MR) is 242 cm³/mol. The maximum atomic E-state index is 17.8. The molecule has 4 aliphatic rings. The second kappa shape index (κ2) is 16.7. The summed E-state index contributed by atoms with van der Waals surface area (Å²) < 4.78 is 72.1. The van der Waals surface area contributed by atoms with Crippen molar-refractivity contribution in [2.24, 2.45) is 5.92 Å². The number of ether oxygens (including phenoxy) is 4. The number of pyridine rings is 1. The lowest BCUT2D eigenvalue weighted by Gasteiger charge is -2.38. The number of carbonyl (C=O) groups is 1. The third-order valence-electron chi connectivity index (χ3n) is 14.0. The summed E-state index contributed by atoms with van der Waals surface area (Å²) in [7, 11) is -0.818. The summed E-state index contributed by atoms with van der Waals surface area (Å²) >= 11 is 0. The van der Waals surface area contributed by atoms with Crippen LogP contribution in [0.25, 0.3) is 32.9 Å². The number of amides is 1. The molecule has 0 unspecified atom stereocenters. The van der Waals surface area contributed by atoms with Crippen LogP contribution in [0.3, 0.4) is 0 Å². The van der Waals surface area contributed by atoms with Crippen LogP contribution in [0.15, 0.2) is 30.5 Å². The third kappa shape index (κ3) is 8.32. The van der Waals surface area contributed by atoms with Gasteiger partial charge in [0.05, 0.1) is 22.0 Å². The number of anilines is 1. The quantitative estimate of drug-likeness (QED) is 0.0839. The molecule has 11 nitrogen and oxygen atoms in total. The van der Waals surface area contributed by atoms with Crippen molar-refractivity contribution in [1.29, 1.82) is 0 Å². The first-order valence-electron chi connectivity index (χ1n) is 22.4. The molecule has 4 fully saturated rings. The zero-order valence-electron chi connectivity index (χ0n) is 38.3. The normalized spacial score (nSPS) is 23.4. The monoisotopic (exact) mass is 886 g/mol. The Balaban J connectivity index is 1.28. The van der Waals surface area contributed by atoms with Crippen molar-refractivity contribution in [1.82, 2.24) is 25.2 Å². The summed E-state index contributed by atoms with van der Waals surface area (Å²) in [4.78, 5) is 31.5. The standard InChI is InChI=1S/C48H61F3N6O5Si/c1-28(2)63(29(3)4,30(5)6)17-14-35-38(50)13-12-31-18-34(61-27-59-10)19-36(39(31)35)41-40(51)42-37(22-52-41)43(56-23-32-20-48(32,25-56)55-45(58)62-46(7,8)9)54-44(53-42)60-26-47-15-11-16-57(47)24-33(49)21-47/h12-13,18-19,22,28-30,32-33H,11,15-16,20-21,23-27H2,1-10H3,(H,55,58)/t32-,33-,47+,48-/m1/s1. The maximum Gasteiger partial charge on any atom is 0.408 e. The Kier molecular flexibility index (Phi) is 11.9. The van der Waals surface area contributed by atoms with Gasteiger partial charge in [0.25, 0.3) is 0 Å². The molecular formula is C48H61F3N6O5Si. The third-order valence-corrected chi connectivity index (χ3v) is 20.3. The lowest BCUT2D eigenvalue weighted by Crippen LogP contribution is -2.45. The Hall–Kier alpha value is -4.65. The van der Waals surface area contributed by atoms with E-state index in [1.807, 2.05) is 25.7 Å². The fourth-order valence-electron chi connectivity index (χ4n) is 11.0. The van der Waals surface area contributed by atoms with Gasteiger partial charge in [0.2, 0.25) is 0 Å². The average molecular weight is 887 g/mol. The summed E-state index contributed by atoms with van der Waals surface area (Å²) in [5.41, 5.74) is 3.17. The highest BCUT2D eigenvalue weighted by Gasteiger charge is 2.62. The number of carbonyl (C=O) groups excluding carboxylic acids is 1. The minimum Gasteiger partial charge on any atom is -0.468 e. The van der Waals surface area contributed by atoms with Crippen LogP contribution in [-0.2, 0) is 9.47 Å². The van der Waals surface area contributed by atoms with E-state index in [1.54, 1.807) is 24.4 Å². The van der Waals surface area contributed by atoms with Crippen LogP contribution in [0.5, 0.6) is 11.8 Å². The number of nitrogens with zero attached hydrogens (tertiary/aromatic N) is 5. The number of aromatic nitrogens is 3. The van der Waals surface area contributed by atoms with Crippen molar-refractivity contribution in [3.8, 4) is 34.5 Å². The van der Waals surface area contributed by atoms with E-state index in [0.29, 0.717) is 70.4 Å². The highest BCUT2D eigenvalue weighted by molar-refractivity contribution is 6.90. The molecule has 4 aromatic rings. The highest BCUT2D eigenvalue weighted by Crippen LogP contribution is 2.52. The van der Waals surface area contributed by atoms with Crippen molar-refractivity contribution in [3.63, 3.8) is 0 Å². The number of fused-ring (bicyclic) bond motifs is 4. The summed E-state index contributed by atoms with van der Waals surface area (Å²) in [6, 6.07) is 6.38. The van der Waals surface area contributed by atoms with Gasteiger partial charge in [-0.2, -0.15) is 9.97 Å². The highest BCUT2D eigenvalue weighted by atomic mass is 28.3. The van der Waals surface area contributed by atoms with Crippen molar-refractivity contribution in [2.75, 3.05) is 51.6 Å². The number of hydrogen-bond acceptors (Lipinski definition) is 10. The molecule has 3 aliphatic heterocycles. The van der Waals surface area contributed by atoms with E-state index in [4.69, 9.17) is 33.9 Å². The summed E-state index contributed by atoms with van der Waals surface area (Å²) in [5, 5.41) is 4.43. The van der Waals surface area contributed by atoms with E-state index < -0.39 is 48.7 Å². The van der Waals surface area contributed by atoms with E-state index in [0.717, 1.165) is 25.8 Å². The molecule has 0 radical (unpaired) electrons. The smallest absolute Gasteiger partial charge is 0.408 e. The minimum atomic E-state index is -2.32. The van der Waals surface area contributed by atoms with E-state index in [-0.39, 0.29) is 47.7 Å². The first-order chi connectivity index (χ1) is 29.8. The maximum absolute atomic E-state index is 17.8. The number of piperidine rings is 1. The first-order valence-corrected chi connectivity index (χ1v) is 24.6. The molecule has 63 heavy (non-hydrogen) atoms. The van der Waals surface area contributed by atoms with Crippen LogP contribution in [0.4, 0.5) is 23.8 Å². The second-order valence-electron chi connectivity index (χ2n) is 20.1. The fourth-order valence-corrected chi connectivity index (χ4v) is 16.3. The lowest BCUT2D eigenvalue weighted by molar-refractivity contribution is 0.0497. The van der Waals surface area contributed by atoms with Crippen LogP contribution in [0.2, 0.25) is 16.6 Å². The van der Waals surface area contributed by atoms with Gasteiger partial charge in [-0.05, 0) is 86.8 Å². The number of methoxy groups -OCH3 is 1. The number of halogens is 3. The topological polar surface area (TPSA) is 111 Å². The summed E-state index contributed by atoms with van der Waals surface area (Å²) in [5.74, 6) is 2.93. The van der Waals surface area contributed by atoms with E-state index in [2.05, 4.69) is 63.2 Å². The Morgan fingerprint density at radius 2 is 1.78 bits per heavy atom. The first kappa shape index (κ1) is 44.9. The van der Waals surface area contributed by atoms with Gasteiger partial charge in [-0.25, -0.2) is 18.0 Å². The molecule has 2 aromatic heterocycles. The number of alkyl halides is 1. The number of hydrogen-bond donors (Lipinski definition) is 1. The van der Waals surface area contributed by atoms with Gasteiger partial charge in [0.1, 0.15) is 55.0 Å². The van der Waals surface area contributed by atoms with Crippen LogP contribution < -0.4 is 19.7 Å². The molecule has 4 atom stereocenters. The largest absolute Gasteiger partial charge is 0.468 e. The Bertz CT molecular complexity index is 2470. The van der Waals surface area contributed by atoms with Crippen molar-refractivity contribution in [2.45, 2.75) is 127 Å². The van der Waals surface area contributed by atoms with Crippen LogP contribution in [0, 0.1) is 29.0 Å². The molecule has 1 N–H and O–H groups in total. The van der Waals surface area contributed by atoms with E-state index in [9.17, 15) is 9.18 Å². The molecule has 15 heteroatoms. The van der Waals surface area contributed by atoms with Gasteiger partial charge in [-0.15, -0.1) is 5.54 Å². The lowest BCUT2D eigenvalue weighted by atomic mass is 9.95. The minimum absolute atomic E-state index is 0.0449. The summed E-state index contributed by atoms with van der Waals surface area (Å²) in [6.45, 7) is 20.8. The van der Waals surface area contributed by atoms with Gasteiger partial charge in [-0.1, -0.05) is 53.5 Å². The molecule has 3 saturated heterocycles. The second-order valence-corrected chi connectivity index (χ2v) is 25.7. The molecule has 8 rings (SSSR count). The van der Waals surface area contributed by atoms with Gasteiger partial charge < -0.3 is 29.2 Å². The Morgan fingerprint density at radius 3 is 2.48 bits per heavy atom. The van der Waals surface area contributed by atoms with Crippen LogP contribution in [0.1, 0.15) is 93.6 Å². The van der Waals surface area contributed by atoms with Gasteiger partial charge in [0.15, 0.2) is 12.6 Å². The number of benzene rings is 2. The predicted octanol–water partition coefficient (Wildman–Crippen LogP) is 9.73. The molecule has 0 spiro atoms. The molecule has 1 saturated carbocycles. The SMILES string of the molecule is COCOc1cc(-c2ncc3c(N4C[C@H]5C[C@@]5(NC(=O)OC(C)(C)C)C4)nc(OC[C@@]45CCCN4C[C@H](F)C5)nc3c2F)c2c(C#C[Si](C(C)C)(C(C)C)C(C)C)c(F)ccc2c1. The average Bonchev–Trinajstić information content (AvgIpc) is 3.42. The Morgan fingerprint density at radius 1 is 1.03 bits per heavy atom. The van der Waals surface area contributed by atoms with Gasteiger partial charge in [0, 0.05) is 56.2 Å². The van der Waals surface area contributed by atoms with Gasteiger partial charge >= 0.3 is 12.1 Å². The number of alkyl carbamates (subject to hydrolysis) is 1. The zero-order chi connectivity index (χ0) is 45.2. The van der Waals surface area contributed by atoms with Crippen LogP contribution in [-0.4, -0.2) is 104 Å². The fraction of sp³-hybridized carbons (Fsp3) is 0.583. The van der Waals surface area contributed by atoms with Crippen LogP contribution >= 0.6 is 0 Å². The Labute approximate surface area is 369 Å². The molecule has 338 valence electrons. The van der Waals surface area contributed by atoms with E-state index >= 15 is 8.78 Å². The molecule has 1 amide bonds. The van der Waals surface area contributed by atoms with E-state index in [1.165, 1.54) is 13.2 Å². The molecule has 5 heterocycles. The molecule has 1 aliphatic carbocycles. The molecule has 2 aromatic carbocycles. The van der Waals surface area contributed by atoms with Crippen molar-refractivity contribution in [3.05, 3.63) is 47.7 Å². The summed E-state index contributed by atoms with van der Waals surface area (Å²) in [6.07, 6.45) is 2.88. The number of rotatable bonds is 12. The molecular weight excluding hydrogens is 826 g/mol. The van der Waals surface area contributed by atoms with Gasteiger partial charge in [-0.3, -0.25) is 9.88 Å². The number of nitrogens with one attached hydrogen (secondary N) is 1. The van der Waals surface area contributed by atoms with Crippen molar-refractivity contribution < 1.29 is 36.9 Å². The zero-order valence-corrected chi connectivity index (χ0v) is 39.3.